The number of anilines is 2. The van der Waals surface area contributed by atoms with Crippen molar-refractivity contribution in [3.05, 3.63) is 48.0 Å². The Hall–Kier alpha value is -2.54. The van der Waals surface area contributed by atoms with Crippen LogP contribution in [-0.4, -0.2) is 21.4 Å². The third-order valence-corrected chi connectivity index (χ3v) is 4.78. The van der Waals surface area contributed by atoms with Crippen LogP contribution in [0.3, 0.4) is 0 Å². The SMILES string of the molecule is CCc1ccc(OC)c(NS(=O)(=O)c2ccc(NC(C)=O)cc2)c1. The maximum absolute atomic E-state index is 12.5. The average molecular weight is 348 g/mol. The number of ether oxygens (including phenoxy) is 1. The average Bonchev–Trinajstić information content (AvgIpc) is 2.54. The highest BCUT2D eigenvalue weighted by Crippen LogP contribution is 2.28. The summed E-state index contributed by atoms with van der Waals surface area (Å²) in [5.41, 5.74) is 1.92. The van der Waals surface area contributed by atoms with Gasteiger partial charge in [-0.2, -0.15) is 0 Å². The van der Waals surface area contributed by atoms with Crippen LogP contribution in [-0.2, 0) is 21.2 Å². The Kier molecular flexibility index (Phi) is 5.46. The van der Waals surface area contributed by atoms with E-state index in [0.29, 0.717) is 17.1 Å². The largest absolute Gasteiger partial charge is 0.495 e. The molecular weight excluding hydrogens is 328 g/mol. The molecule has 24 heavy (non-hydrogen) atoms. The van der Waals surface area contributed by atoms with Gasteiger partial charge in [0.15, 0.2) is 0 Å². The molecular formula is C17H20N2O4S. The molecule has 7 heteroatoms. The van der Waals surface area contributed by atoms with E-state index in [-0.39, 0.29) is 10.8 Å². The molecule has 0 unspecified atom stereocenters. The molecule has 0 heterocycles. The third kappa shape index (κ3) is 4.26. The van der Waals surface area contributed by atoms with Crippen LogP contribution in [0.1, 0.15) is 19.4 Å². The van der Waals surface area contributed by atoms with E-state index in [1.54, 1.807) is 12.1 Å². The fourth-order valence-corrected chi connectivity index (χ4v) is 3.24. The predicted molar refractivity (Wildman–Crippen MR) is 93.9 cm³/mol. The summed E-state index contributed by atoms with van der Waals surface area (Å²) in [6, 6.07) is 11.3. The van der Waals surface area contributed by atoms with Crippen molar-refractivity contribution in [3.8, 4) is 5.75 Å². The molecule has 0 fully saturated rings. The molecule has 0 aliphatic heterocycles. The molecule has 0 aliphatic rings. The van der Waals surface area contributed by atoms with Crippen LogP contribution in [0.15, 0.2) is 47.4 Å². The van der Waals surface area contributed by atoms with Gasteiger partial charge in [0.1, 0.15) is 5.75 Å². The molecule has 2 aromatic carbocycles. The lowest BCUT2D eigenvalue weighted by Gasteiger charge is -2.13. The standard InChI is InChI=1S/C17H20N2O4S/c1-4-13-5-10-17(23-3)16(11-13)19-24(21,22)15-8-6-14(7-9-15)18-12(2)20/h5-11,19H,4H2,1-3H3,(H,18,20). The van der Waals surface area contributed by atoms with Crippen molar-refractivity contribution in [1.29, 1.82) is 0 Å². The second-order valence-corrected chi connectivity index (χ2v) is 6.88. The van der Waals surface area contributed by atoms with Crippen LogP contribution in [0.4, 0.5) is 11.4 Å². The Morgan fingerprint density at radius 2 is 1.79 bits per heavy atom. The third-order valence-electron chi connectivity index (χ3n) is 3.40. The van der Waals surface area contributed by atoms with Crippen LogP contribution in [0, 0.1) is 0 Å². The van der Waals surface area contributed by atoms with E-state index in [9.17, 15) is 13.2 Å². The molecule has 128 valence electrons. The van der Waals surface area contributed by atoms with Gasteiger partial charge in [-0.1, -0.05) is 13.0 Å². The minimum atomic E-state index is -3.76. The van der Waals surface area contributed by atoms with Crippen LogP contribution < -0.4 is 14.8 Å². The summed E-state index contributed by atoms with van der Waals surface area (Å²) in [6.45, 7) is 3.38. The van der Waals surface area contributed by atoms with Gasteiger partial charge in [0, 0.05) is 12.6 Å². The van der Waals surface area contributed by atoms with Crippen LogP contribution in [0.25, 0.3) is 0 Å². The number of benzene rings is 2. The van der Waals surface area contributed by atoms with Crippen molar-refractivity contribution < 1.29 is 17.9 Å². The first-order chi connectivity index (χ1) is 11.4. The van der Waals surface area contributed by atoms with Crippen molar-refractivity contribution in [2.24, 2.45) is 0 Å². The Labute approximate surface area is 141 Å². The van der Waals surface area contributed by atoms with Gasteiger partial charge in [-0.25, -0.2) is 8.42 Å². The van der Waals surface area contributed by atoms with Crippen molar-refractivity contribution in [3.63, 3.8) is 0 Å². The topological polar surface area (TPSA) is 84.5 Å². The number of carbonyl (C=O) groups excluding carboxylic acids is 1. The van der Waals surface area contributed by atoms with Crippen molar-refractivity contribution in [2.75, 3.05) is 17.1 Å². The molecule has 2 aromatic rings. The Morgan fingerprint density at radius 3 is 2.33 bits per heavy atom. The van der Waals surface area contributed by atoms with Crippen LogP contribution in [0.2, 0.25) is 0 Å². The summed E-state index contributed by atoms with van der Waals surface area (Å²) in [5.74, 6) is 0.232. The van der Waals surface area contributed by atoms with E-state index in [1.165, 1.54) is 38.3 Å². The van der Waals surface area contributed by atoms with Crippen LogP contribution in [0.5, 0.6) is 5.75 Å². The Morgan fingerprint density at radius 1 is 1.12 bits per heavy atom. The summed E-state index contributed by atoms with van der Waals surface area (Å²) in [4.78, 5) is 11.1. The lowest BCUT2D eigenvalue weighted by molar-refractivity contribution is -0.114. The van der Waals surface area contributed by atoms with Gasteiger partial charge in [0.2, 0.25) is 5.91 Å². The molecule has 0 saturated carbocycles. The molecule has 0 saturated heterocycles. The minimum Gasteiger partial charge on any atom is -0.495 e. The smallest absolute Gasteiger partial charge is 0.262 e. The summed E-state index contributed by atoms with van der Waals surface area (Å²) in [5, 5.41) is 2.59. The summed E-state index contributed by atoms with van der Waals surface area (Å²) >= 11 is 0. The molecule has 0 radical (unpaired) electrons. The Balaban J connectivity index is 2.29. The highest BCUT2D eigenvalue weighted by molar-refractivity contribution is 7.92. The van der Waals surface area contributed by atoms with Gasteiger partial charge in [0.25, 0.3) is 10.0 Å². The Bertz CT molecular complexity index is 830. The normalized spacial score (nSPS) is 11.0. The van der Waals surface area contributed by atoms with E-state index in [1.807, 2.05) is 13.0 Å². The first-order valence-electron chi connectivity index (χ1n) is 7.43. The lowest BCUT2D eigenvalue weighted by Crippen LogP contribution is -2.14. The maximum Gasteiger partial charge on any atom is 0.262 e. The van der Waals surface area contributed by atoms with Gasteiger partial charge in [-0.05, 0) is 48.4 Å². The van der Waals surface area contributed by atoms with Gasteiger partial charge >= 0.3 is 0 Å². The zero-order valence-electron chi connectivity index (χ0n) is 13.8. The molecule has 2 rings (SSSR count). The van der Waals surface area contributed by atoms with E-state index in [0.717, 1.165) is 12.0 Å². The highest BCUT2D eigenvalue weighted by atomic mass is 32.2. The molecule has 0 aromatic heterocycles. The zero-order valence-corrected chi connectivity index (χ0v) is 14.6. The lowest BCUT2D eigenvalue weighted by atomic mass is 10.1. The van der Waals surface area contributed by atoms with E-state index < -0.39 is 10.0 Å². The second-order valence-electron chi connectivity index (χ2n) is 5.20. The monoisotopic (exact) mass is 348 g/mol. The van der Waals surface area contributed by atoms with E-state index in [2.05, 4.69) is 10.0 Å². The van der Waals surface area contributed by atoms with Crippen molar-refractivity contribution in [1.82, 2.24) is 0 Å². The number of hydrogen-bond donors (Lipinski definition) is 2. The fourth-order valence-electron chi connectivity index (χ4n) is 2.18. The fraction of sp³-hybridized carbons (Fsp3) is 0.235. The molecule has 0 atom stereocenters. The quantitative estimate of drug-likeness (QED) is 0.840. The molecule has 0 bridgehead atoms. The number of nitrogens with one attached hydrogen (secondary N) is 2. The number of aryl methyl sites for hydroxylation is 1. The van der Waals surface area contributed by atoms with E-state index in [4.69, 9.17) is 4.74 Å². The van der Waals surface area contributed by atoms with Crippen molar-refractivity contribution >= 4 is 27.3 Å². The molecule has 6 nitrogen and oxygen atoms in total. The van der Waals surface area contributed by atoms with Gasteiger partial charge < -0.3 is 10.1 Å². The summed E-state index contributed by atoms with van der Waals surface area (Å²) in [7, 11) is -2.27. The minimum absolute atomic E-state index is 0.0977. The zero-order chi connectivity index (χ0) is 17.7. The second kappa shape index (κ2) is 7.35. The summed E-state index contributed by atoms with van der Waals surface area (Å²) in [6.07, 6.45) is 0.782. The van der Waals surface area contributed by atoms with Gasteiger partial charge in [-0.15, -0.1) is 0 Å². The number of carbonyl (C=O) groups is 1. The maximum atomic E-state index is 12.5. The summed E-state index contributed by atoms with van der Waals surface area (Å²) < 4.78 is 32.9. The molecule has 0 aliphatic carbocycles. The van der Waals surface area contributed by atoms with Gasteiger partial charge in [0.05, 0.1) is 17.7 Å². The van der Waals surface area contributed by atoms with E-state index >= 15 is 0 Å². The molecule has 2 N–H and O–H groups in total. The highest BCUT2D eigenvalue weighted by Gasteiger charge is 2.17. The van der Waals surface area contributed by atoms with Crippen LogP contribution >= 0.6 is 0 Å². The van der Waals surface area contributed by atoms with Crippen molar-refractivity contribution in [2.45, 2.75) is 25.2 Å². The molecule has 1 amide bonds. The number of hydrogen-bond acceptors (Lipinski definition) is 4. The number of rotatable bonds is 6. The van der Waals surface area contributed by atoms with Gasteiger partial charge in [-0.3, -0.25) is 9.52 Å². The number of amides is 1. The first kappa shape index (κ1) is 17.8. The molecule has 0 spiro atoms. The first-order valence-corrected chi connectivity index (χ1v) is 8.91. The number of sulfonamides is 1. The number of methoxy groups -OCH3 is 1. The predicted octanol–water partition coefficient (Wildman–Crippen LogP) is 3.02.